The van der Waals surface area contributed by atoms with E-state index in [0.717, 1.165) is 28.9 Å². The molecule has 1 N–H and O–H groups in total. The van der Waals surface area contributed by atoms with Crippen LogP contribution in [0.25, 0.3) is 0 Å². The predicted molar refractivity (Wildman–Crippen MR) is 128 cm³/mol. The number of imide groups is 1. The molecular formula is C25H30Cl2N2O3. The monoisotopic (exact) mass is 476 g/mol. The van der Waals surface area contributed by atoms with Crippen molar-refractivity contribution in [1.82, 2.24) is 10.2 Å². The number of nitrogens with zero attached hydrogens (tertiary/aromatic N) is 1. The fourth-order valence-electron chi connectivity index (χ4n) is 4.10. The van der Waals surface area contributed by atoms with Gasteiger partial charge in [0.1, 0.15) is 5.60 Å². The number of benzene rings is 2. The summed E-state index contributed by atoms with van der Waals surface area (Å²) >= 11 is 12.4. The summed E-state index contributed by atoms with van der Waals surface area (Å²) in [6.07, 6.45) is 1.42. The van der Waals surface area contributed by atoms with E-state index in [1.165, 1.54) is 18.2 Å². The largest absolute Gasteiger partial charge is 0.443 e. The van der Waals surface area contributed by atoms with Crippen molar-refractivity contribution in [2.24, 2.45) is 0 Å². The first-order valence-electron chi connectivity index (χ1n) is 10.7. The third-order valence-electron chi connectivity index (χ3n) is 5.74. The summed E-state index contributed by atoms with van der Waals surface area (Å²) in [4.78, 5) is 26.0. The standard InChI is InChI=1S/C25H30Cl2N2O3/c1-25(2,3)32-24(31)29(5)23(30)13-15-6-8-18-17(9-11-22(28-4)19(18)12-15)16-7-10-20(26)21(27)14-16/h6-8,10,12,14,17,22,28H,9,11,13H2,1-5H3/t17-,22-/m0/s1. The molecule has 0 spiro atoms. The fourth-order valence-corrected chi connectivity index (χ4v) is 4.40. The molecule has 1 aliphatic rings. The zero-order valence-electron chi connectivity index (χ0n) is 19.2. The summed E-state index contributed by atoms with van der Waals surface area (Å²) in [7, 11) is 3.40. The Morgan fingerprint density at radius 3 is 2.41 bits per heavy atom. The van der Waals surface area contributed by atoms with Crippen LogP contribution in [0, 0.1) is 0 Å². The zero-order chi connectivity index (χ0) is 23.6. The lowest BCUT2D eigenvalue weighted by atomic mass is 9.76. The first kappa shape index (κ1) is 24.6. The normalized spacial score (nSPS) is 18.1. The summed E-state index contributed by atoms with van der Waals surface area (Å²) < 4.78 is 5.30. The third-order valence-corrected chi connectivity index (χ3v) is 6.48. The van der Waals surface area contributed by atoms with Gasteiger partial charge in [0, 0.05) is 19.0 Å². The van der Waals surface area contributed by atoms with Crippen molar-refractivity contribution in [3.8, 4) is 0 Å². The smallest absolute Gasteiger partial charge is 0.416 e. The summed E-state index contributed by atoms with van der Waals surface area (Å²) in [6, 6.07) is 12.1. The second-order valence-electron chi connectivity index (χ2n) is 9.22. The fraction of sp³-hybridized carbons (Fsp3) is 0.440. The van der Waals surface area contributed by atoms with Crippen LogP contribution < -0.4 is 5.32 Å². The molecule has 0 bridgehead atoms. The van der Waals surface area contributed by atoms with Gasteiger partial charge in [-0.1, -0.05) is 47.5 Å². The molecule has 0 aliphatic heterocycles. The number of halogens is 2. The maximum atomic E-state index is 12.7. The van der Waals surface area contributed by atoms with Gasteiger partial charge >= 0.3 is 6.09 Å². The highest BCUT2D eigenvalue weighted by molar-refractivity contribution is 6.42. The van der Waals surface area contributed by atoms with Gasteiger partial charge in [0.05, 0.1) is 16.5 Å². The van der Waals surface area contributed by atoms with Crippen molar-refractivity contribution >= 4 is 35.2 Å². The highest BCUT2D eigenvalue weighted by Crippen LogP contribution is 2.42. The lowest BCUT2D eigenvalue weighted by molar-refractivity contribution is -0.128. The van der Waals surface area contributed by atoms with E-state index in [2.05, 4.69) is 17.4 Å². The summed E-state index contributed by atoms with van der Waals surface area (Å²) in [5.74, 6) is -0.101. The molecule has 2 atom stereocenters. The molecule has 7 heteroatoms. The SMILES string of the molecule is CN[C@H]1CC[C@@H](c2ccc(Cl)c(Cl)c2)c2ccc(CC(=O)N(C)C(=O)OC(C)(C)C)cc21. The number of fused-ring (bicyclic) bond motifs is 1. The van der Waals surface area contributed by atoms with Crippen LogP contribution >= 0.6 is 23.2 Å². The van der Waals surface area contributed by atoms with Gasteiger partial charge in [-0.3, -0.25) is 9.69 Å². The molecule has 3 rings (SSSR count). The summed E-state index contributed by atoms with van der Waals surface area (Å²) in [5.41, 5.74) is 3.71. The molecule has 0 heterocycles. The van der Waals surface area contributed by atoms with Crippen molar-refractivity contribution in [1.29, 1.82) is 0 Å². The zero-order valence-corrected chi connectivity index (χ0v) is 20.7. The quantitative estimate of drug-likeness (QED) is 0.577. The van der Waals surface area contributed by atoms with Crippen LogP contribution in [0.1, 0.15) is 67.8 Å². The van der Waals surface area contributed by atoms with Crippen LogP contribution in [0.3, 0.4) is 0 Å². The van der Waals surface area contributed by atoms with Gasteiger partial charge in [-0.15, -0.1) is 0 Å². The highest BCUT2D eigenvalue weighted by atomic mass is 35.5. The number of likely N-dealkylation sites (N-methyl/N-ethyl adjacent to an activating group) is 1. The summed E-state index contributed by atoms with van der Waals surface area (Å²) in [6.45, 7) is 5.32. The molecule has 2 aromatic carbocycles. The minimum absolute atomic E-state index is 0.122. The number of rotatable bonds is 4. The van der Waals surface area contributed by atoms with Crippen molar-refractivity contribution in [2.45, 2.75) is 57.6 Å². The van der Waals surface area contributed by atoms with Gasteiger partial charge in [-0.25, -0.2) is 4.79 Å². The molecule has 0 unspecified atom stereocenters. The van der Waals surface area contributed by atoms with E-state index in [4.69, 9.17) is 27.9 Å². The Kier molecular flexibility index (Phi) is 7.53. The molecule has 2 aromatic rings. The van der Waals surface area contributed by atoms with Crippen molar-refractivity contribution in [3.63, 3.8) is 0 Å². The molecular weight excluding hydrogens is 447 g/mol. The van der Waals surface area contributed by atoms with Crippen LogP contribution in [0.2, 0.25) is 10.0 Å². The van der Waals surface area contributed by atoms with Crippen LogP contribution in [-0.4, -0.2) is 36.6 Å². The number of nitrogens with one attached hydrogen (secondary N) is 1. The van der Waals surface area contributed by atoms with Crippen molar-refractivity contribution in [2.75, 3.05) is 14.1 Å². The van der Waals surface area contributed by atoms with Crippen molar-refractivity contribution < 1.29 is 14.3 Å². The van der Waals surface area contributed by atoms with Gasteiger partial charge in [-0.05, 0) is 75.0 Å². The number of carbonyl (C=O) groups excluding carboxylic acids is 2. The topological polar surface area (TPSA) is 58.6 Å². The number of amides is 2. The van der Waals surface area contributed by atoms with Gasteiger partial charge < -0.3 is 10.1 Å². The lowest BCUT2D eigenvalue weighted by Gasteiger charge is -2.32. The number of hydrogen-bond acceptors (Lipinski definition) is 4. The van der Waals surface area contributed by atoms with E-state index in [0.29, 0.717) is 10.0 Å². The van der Waals surface area contributed by atoms with E-state index < -0.39 is 11.7 Å². The first-order chi connectivity index (χ1) is 15.0. The molecule has 172 valence electrons. The van der Waals surface area contributed by atoms with Gasteiger partial charge in [0.25, 0.3) is 0 Å². The third kappa shape index (κ3) is 5.64. The Bertz CT molecular complexity index is 1020. The number of ether oxygens (including phenoxy) is 1. The predicted octanol–water partition coefficient (Wildman–Crippen LogP) is 6.12. The average Bonchev–Trinajstić information content (AvgIpc) is 2.73. The Labute approximate surface area is 200 Å². The Morgan fingerprint density at radius 1 is 1.06 bits per heavy atom. The van der Waals surface area contributed by atoms with Crippen LogP contribution in [0.15, 0.2) is 36.4 Å². The molecule has 2 amide bonds. The van der Waals surface area contributed by atoms with E-state index in [9.17, 15) is 9.59 Å². The van der Waals surface area contributed by atoms with Gasteiger partial charge in [0.2, 0.25) is 5.91 Å². The molecule has 0 saturated heterocycles. The molecule has 32 heavy (non-hydrogen) atoms. The number of carbonyl (C=O) groups is 2. The van der Waals surface area contributed by atoms with E-state index in [1.807, 2.05) is 31.3 Å². The molecule has 0 fully saturated rings. The van der Waals surface area contributed by atoms with Crippen LogP contribution in [-0.2, 0) is 16.0 Å². The molecule has 1 aliphatic carbocycles. The van der Waals surface area contributed by atoms with E-state index in [1.54, 1.807) is 20.8 Å². The van der Waals surface area contributed by atoms with Crippen LogP contribution in [0.5, 0.6) is 0 Å². The molecule has 0 radical (unpaired) electrons. The first-order valence-corrected chi connectivity index (χ1v) is 11.5. The average molecular weight is 477 g/mol. The van der Waals surface area contributed by atoms with Crippen molar-refractivity contribution in [3.05, 3.63) is 68.7 Å². The maximum absolute atomic E-state index is 12.7. The second kappa shape index (κ2) is 9.82. The Balaban J connectivity index is 1.85. The Hall–Kier alpha value is -2.08. The lowest BCUT2D eigenvalue weighted by Crippen LogP contribution is -2.38. The minimum atomic E-state index is -0.656. The summed E-state index contributed by atoms with van der Waals surface area (Å²) in [5, 5.41) is 4.48. The Morgan fingerprint density at radius 2 is 1.78 bits per heavy atom. The van der Waals surface area contributed by atoms with Gasteiger partial charge in [0.15, 0.2) is 0 Å². The highest BCUT2D eigenvalue weighted by Gasteiger charge is 2.29. The minimum Gasteiger partial charge on any atom is -0.443 e. The second-order valence-corrected chi connectivity index (χ2v) is 10.0. The molecule has 5 nitrogen and oxygen atoms in total. The van der Waals surface area contributed by atoms with Gasteiger partial charge in [-0.2, -0.15) is 0 Å². The maximum Gasteiger partial charge on any atom is 0.416 e. The van der Waals surface area contributed by atoms with E-state index >= 15 is 0 Å². The molecule has 0 aromatic heterocycles. The molecule has 0 saturated carbocycles. The van der Waals surface area contributed by atoms with E-state index in [-0.39, 0.29) is 24.3 Å². The van der Waals surface area contributed by atoms with Crippen LogP contribution in [0.4, 0.5) is 4.79 Å². The number of hydrogen-bond donors (Lipinski definition) is 1.